The van der Waals surface area contributed by atoms with Crippen LogP contribution in [0.5, 0.6) is 0 Å². The van der Waals surface area contributed by atoms with E-state index in [0.29, 0.717) is 0 Å². The van der Waals surface area contributed by atoms with Crippen molar-refractivity contribution >= 4 is 6.21 Å². The average Bonchev–Trinajstić information content (AvgIpc) is 1.89. The van der Waals surface area contributed by atoms with Gasteiger partial charge in [-0.15, -0.1) is 0 Å². The van der Waals surface area contributed by atoms with Gasteiger partial charge in [0.05, 0.1) is 6.42 Å². The van der Waals surface area contributed by atoms with Gasteiger partial charge < -0.3 is 0 Å². The van der Waals surface area contributed by atoms with Crippen LogP contribution in [-0.2, 0) is 0 Å². The lowest BCUT2D eigenvalue weighted by atomic mass is 10.1. The smallest absolute Gasteiger partial charge is 0.269 e. The van der Waals surface area contributed by atoms with Gasteiger partial charge in [0.25, 0.3) is 5.66 Å². The molecule has 5 nitrogen and oxygen atoms in total. The summed E-state index contributed by atoms with van der Waals surface area (Å²) in [6.07, 6.45) is 4.22. The standard InChI is InChI=1S/C5H7N3O2/c6-5(8(9)10)1-3-7-4-2-5/h1,3-4H,2,6H2. The highest BCUT2D eigenvalue weighted by molar-refractivity contribution is 5.61. The Morgan fingerprint density at radius 3 is 2.80 bits per heavy atom. The second kappa shape index (κ2) is 2.18. The van der Waals surface area contributed by atoms with E-state index < -0.39 is 10.6 Å². The number of aliphatic imine (C=N–C) groups is 1. The predicted octanol–water partition coefficient (Wildman–Crippen LogP) is -0.0937. The predicted molar refractivity (Wildman–Crippen MR) is 36.2 cm³/mol. The third-order valence-electron chi connectivity index (χ3n) is 1.31. The molecule has 1 unspecified atom stereocenters. The van der Waals surface area contributed by atoms with Crippen LogP contribution in [0.1, 0.15) is 6.42 Å². The van der Waals surface area contributed by atoms with Crippen molar-refractivity contribution in [3.8, 4) is 0 Å². The summed E-state index contributed by atoms with van der Waals surface area (Å²) in [5.74, 6) is 0. The molecule has 1 atom stereocenters. The Balaban J connectivity index is 2.80. The normalized spacial score (nSPS) is 30.5. The Bertz CT molecular complexity index is 211. The lowest BCUT2D eigenvalue weighted by Crippen LogP contribution is -2.46. The van der Waals surface area contributed by atoms with E-state index in [1.165, 1.54) is 18.5 Å². The van der Waals surface area contributed by atoms with Crippen LogP contribution in [0.25, 0.3) is 0 Å². The van der Waals surface area contributed by atoms with E-state index in [-0.39, 0.29) is 6.42 Å². The van der Waals surface area contributed by atoms with Crippen LogP contribution in [0, 0.1) is 10.1 Å². The molecule has 0 saturated carbocycles. The minimum absolute atomic E-state index is 0.163. The zero-order valence-corrected chi connectivity index (χ0v) is 5.23. The molecule has 10 heavy (non-hydrogen) atoms. The SMILES string of the molecule is NC1([N+](=O)[O-])C=CN=CC1. The molecule has 0 saturated heterocycles. The van der Waals surface area contributed by atoms with Crippen LogP contribution in [-0.4, -0.2) is 16.8 Å². The Morgan fingerprint density at radius 1 is 1.80 bits per heavy atom. The van der Waals surface area contributed by atoms with Crippen molar-refractivity contribution in [2.75, 3.05) is 0 Å². The number of nitrogens with two attached hydrogens (primary N) is 1. The van der Waals surface area contributed by atoms with E-state index in [4.69, 9.17) is 5.73 Å². The summed E-state index contributed by atoms with van der Waals surface area (Å²) < 4.78 is 0. The highest BCUT2D eigenvalue weighted by atomic mass is 16.6. The van der Waals surface area contributed by atoms with Gasteiger partial charge in [-0.25, -0.2) is 0 Å². The number of hydrogen-bond acceptors (Lipinski definition) is 4. The van der Waals surface area contributed by atoms with Crippen molar-refractivity contribution in [2.45, 2.75) is 12.1 Å². The second-order valence-corrected chi connectivity index (χ2v) is 2.10. The molecule has 0 amide bonds. The Hall–Kier alpha value is -1.23. The van der Waals surface area contributed by atoms with Crippen molar-refractivity contribution in [1.29, 1.82) is 0 Å². The summed E-state index contributed by atoms with van der Waals surface area (Å²) in [7, 11) is 0. The Kier molecular flexibility index (Phi) is 1.50. The van der Waals surface area contributed by atoms with Gasteiger partial charge in [0.1, 0.15) is 0 Å². The molecule has 0 aromatic rings. The molecule has 2 N–H and O–H groups in total. The quantitative estimate of drug-likeness (QED) is 0.314. The fourth-order valence-electron chi connectivity index (χ4n) is 0.635. The molecule has 54 valence electrons. The maximum Gasteiger partial charge on any atom is 0.298 e. The average molecular weight is 141 g/mol. The molecule has 0 fully saturated rings. The maximum atomic E-state index is 10.2. The number of nitrogens with zero attached hydrogens (tertiary/aromatic N) is 2. The molecule has 1 rings (SSSR count). The third-order valence-corrected chi connectivity index (χ3v) is 1.31. The molecule has 0 aliphatic carbocycles. The van der Waals surface area contributed by atoms with E-state index in [2.05, 4.69) is 4.99 Å². The van der Waals surface area contributed by atoms with Crippen LogP contribution in [0.3, 0.4) is 0 Å². The largest absolute Gasteiger partial charge is 0.298 e. The van der Waals surface area contributed by atoms with E-state index in [1.54, 1.807) is 0 Å². The van der Waals surface area contributed by atoms with Crippen LogP contribution in [0.15, 0.2) is 17.3 Å². The van der Waals surface area contributed by atoms with E-state index in [9.17, 15) is 10.1 Å². The van der Waals surface area contributed by atoms with E-state index in [0.717, 1.165) is 0 Å². The summed E-state index contributed by atoms with van der Waals surface area (Å²) in [4.78, 5) is 13.4. The van der Waals surface area contributed by atoms with Gasteiger partial charge in [-0.05, 0) is 0 Å². The van der Waals surface area contributed by atoms with Gasteiger partial charge in [0, 0.05) is 23.4 Å². The lowest BCUT2D eigenvalue weighted by molar-refractivity contribution is -0.552. The molecule has 0 spiro atoms. The number of rotatable bonds is 1. The minimum atomic E-state index is -1.43. The first kappa shape index (κ1) is 6.88. The fraction of sp³-hybridized carbons (Fsp3) is 0.400. The summed E-state index contributed by atoms with van der Waals surface area (Å²) in [6, 6.07) is 0. The van der Waals surface area contributed by atoms with Gasteiger partial charge in [-0.2, -0.15) is 0 Å². The Morgan fingerprint density at radius 2 is 2.50 bits per heavy atom. The zero-order valence-electron chi connectivity index (χ0n) is 5.23. The highest BCUT2D eigenvalue weighted by Gasteiger charge is 2.34. The van der Waals surface area contributed by atoms with Crippen molar-refractivity contribution in [3.05, 3.63) is 22.4 Å². The number of hydrogen-bond donors (Lipinski definition) is 1. The molecule has 0 aromatic carbocycles. The van der Waals surface area contributed by atoms with Crippen molar-refractivity contribution < 1.29 is 4.92 Å². The molecule has 0 aromatic heterocycles. The molecule has 5 heteroatoms. The van der Waals surface area contributed by atoms with Crippen LogP contribution in [0.4, 0.5) is 0 Å². The molecule has 1 aliphatic rings. The summed E-state index contributed by atoms with van der Waals surface area (Å²) >= 11 is 0. The highest BCUT2D eigenvalue weighted by Crippen LogP contribution is 2.11. The minimum Gasteiger partial charge on any atom is -0.269 e. The molecule has 0 radical (unpaired) electrons. The topological polar surface area (TPSA) is 81.5 Å². The lowest BCUT2D eigenvalue weighted by Gasteiger charge is -2.15. The summed E-state index contributed by atoms with van der Waals surface area (Å²) in [5, 5.41) is 10.2. The summed E-state index contributed by atoms with van der Waals surface area (Å²) in [6.45, 7) is 0. The van der Waals surface area contributed by atoms with Gasteiger partial charge >= 0.3 is 0 Å². The van der Waals surface area contributed by atoms with Crippen LogP contribution in [0.2, 0.25) is 0 Å². The van der Waals surface area contributed by atoms with Gasteiger partial charge in [0.2, 0.25) is 0 Å². The van der Waals surface area contributed by atoms with Crippen LogP contribution < -0.4 is 5.73 Å². The first-order valence-electron chi connectivity index (χ1n) is 2.78. The van der Waals surface area contributed by atoms with Gasteiger partial charge in [-0.3, -0.25) is 20.8 Å². The van der Waals surface area contributed by atoms with Crippen LogP contribution >= 0.6 is 0 Å². The molecule has 0 bridgehead atoms. The first-order valence-corrected chi connectivity index (χ1v) is 2.78. The molecular weight excluding hydrogens is 134 g/mol. The second-order valence-electron chi connectivity index (χ2n) is 2.10. The molecular formula is C5H7N3O2. The van der Waals surface area contributed by atoms with Crippen molar-refractivity contribution in [1.82, 2.24) is 0 Å². The van der Waals surface area contributed by atoms with E-state index >= 15 is 0 Å². The van der Waals surface area contributed by atoms with E-state index in [1.807, 2.05) is 0 Å². The number of nitro groups is 1. The first-order chi connectivity index (χ1) is 4.65. The monoisotopic (exact) mass is 141 g/mol. The third kappa shape index (κ3) is 1.03. The molecule has 1 heterocycles. The summed E-state index contributed by atoms with van der Waals surface area (Å²) in [5.41, 5.74) is 3.90. The van der Waals surface area contributed by atoms with Gasteiger partial charge in [0.15, 0.2) is 0 Å². The van der Waals surface area contributed by atoms with Crippen molar-refractivity contribution in [3.63, 3.8) is 0 Å². The Labute approximate surface area is 57.4 Å². The van der Waals surface area contributed by atoms with Crippen molar-refractivity contribution in [2.24, 2.45) is 10.7 Å². The zero-order chi connectivity index (χ0) is 7.61. The van der Waals surface area contributed by atoms with Gasteiger partial charge in [-0.1, -0.05) is 0 Å². The fourth-order valence-corrected chi connectivity index (χ4v) is 0.635. The maximum absolute atomic E-state index is 10.2. The molecule has 1 aliphatic heterocycles.